The lowest BCUT2D eigenvalue weighted by Gasteiger charge is -2.46. The number of anilines is 1. The van der Waals surface area contributed by atoms with Gasteiger partial charge in [0.1, 0.15) is 23.5 Å². The topological polar surface area (TPSA) is 76.6 Å². The maximum atomic E-state index is 13.9. The van der Waals surface area contributed by atoms with Crippen LogP contribution >= 0.6 is 11.6 Å². The normalized spacial score (nSPS) is 21.6. The molecule has 0 spiro atoms. The van der Waals surface area contributed by atoms with Crippen molar-refractivity contribution in [3.63, 3.8) is 0 Å². The van der Waals surface area contributed by atoms with Gasteiger partial charge in [-0.2, -0.15) is 4.98 Å². The average Bonchev–Trinajstić information content (AvgIpc) is 3.64. The molecule has 0 bridgehead atoms. The van der Waals surface area contributed by atoms with Crippen molar-refractivity contribution in [3.05, 3.63) is 59.0 Å². The molecule has 3 atom stereocenters. The van der Waals surface area contributed by atoms with Gasteiger partial charge in [0.15, 0.2) is 11.5 Å². The molecule has 2 aliphatic rings. The zero-order valence-corrected chi connectivity index (χ0v) is 23.6. The molecule has 3 aromatic heterocycles. The van der Waals surface area contributed by atoms with Gasteiger partial charge in [0.2, 0.25) is 0 Å². The number of hydrogen-bond donors (Lipinski definition) is 0. The van der Waals surface area contributed by atoms with Crippen LogP contribution in [0.4, 0.5) is 10.2 Å². The molecule has 1 aromatic carbocycles. The number of benzene rings is 1. The predicted molar refractivity (Wildman–Crippen MR) is 149 cm³/mol. The summed E-state index contributed by atoms with van der Waals surface area (Å²) in [6, 6.07) is 5.23. The Bertz CT molecular complexity index is 1540. The van der Waals surface area contributed by atoms with Gasteiger partial charge in [0.25, 0.3) is 5.78 Å². The minimum atomic E-state index is -0.404. The summed E-state index contributed by atoms with van der Waals surface area (Å²) in [6.07, 6.45) is 3.97. The number of aryl methyl sites for hydroxylation is 1. The molecule has 0 amide bonds. The lowest BCUT2D eigenvalue weighted by molar-refractivity contribution is 0.0972. The smallest absolute Gasteiger partial charge is 0.258 e. The fraction of sp³-hybridized carbons (Fsp3) is 0.500. The SMILES string of the molecule is C=C1CN([C@H](c2ccc(F)c(Cl)c2)C(C)C)[C@H](C)CN1c1nc2nncn2c2c1nc(C)n2C[C@@H]1CCCO1. The van der Waals surface area contributed by atoms with Crippen molar-refractivity contribution in [2.45, 2.75) is 65.3 Å². The number of ether oxygens (including phenoxy) is 1. The third kappa shape index (κ3) is 4.58. The highest BCUT2D eigenvalue weighted by atomic mass is 35.5. The number of aromatic nitrogens is 6. The third-order valence-corrected chi connectivity index (χ3v) is 8.30. The lowest BCUT2D eigenvalue weighted by Crippen LogP contribution is -2.52. The molecule has 2 fully saturated rings. The Kier molecular flexibility index (Phi) is 6.81. The molecule has 0 saturated carbocycles. The van der Waals surface area contributed by atoms with Crippen molar-refractivity contribution < 1.29 is 9.13 Å². The third-order valence-electron chi connectivity index (χ3n) is 8.01. The average molecular weight is 553 g/mol. The molecule has 0 aliphatic carbocycles. The van der Waals surface area contributed by atoms with Crippen molar-refractivity contribution in [2.24, 2.45) is 5.92 Å². The Balaban J connectivity index is 1.37. The second-order valence-electron chi connectivity index (χ2n) is 11.1. The Hall–Kier alpha value is -3.08. The molecule has 206 valence electrons. The van der Waals surface area contributed by atoms with Gasteiger partial charge in [-0.15, -0.1) is 10.2 Å². The summed E-state index contributed by atoms with van der Waals surface area (Å²) in [5.74, 6) is 2.03. The van der Waals surface area contributed by atoms with E-state index in [2.05, 4.69) is 51.9 Å². The van der Waals surface area contributed by atoms with E-state index in [1.54, 1.807) is 12.4 Å². The molecular formula is C28H34ClFN8O. The summed E-state index contributed by atoms with van der Waals surface area (Å²) in [4.78, 5) is 14.5. The molecular weight excluding hydrogens is 519 g/mol. The van der Waals surface area contributed by atoms with E-state index in [1.165, 1.54) is 6.07 Å². The molecule has 9 nitrogen and oxygen atoms in total. The van der Waals surface area contributed by atoms with Gasteiger partial charge >= 0.3 is 0 Å². The van der Waals surface area contributed by atoms with E-state index in [0.29, 0.717) is 18.9 Å². The van der Waals surface area contributed by atoms with Crippen molar-refractivity contribution in [1.82, 2.24) is 34.0 Å². The number of halogens is 2. The van der Waals surface area contributed by atoms with E-state index in [1.807, 2.05) is 17.4 Å². The van der Waals surface area contributed by atoms with Crippen molar-refractivity contribution >= 4 is 34.4 Å². The van der Waals surface area contributed by atoms with Gasteiger partial charge in [-0.3, -0.25) is 4.90 Å². The number of rotatable bonds is 6. The second kappa shape index (κ2) is 10.1. The van der Waals surface area contributed by atoms with E-state index in [9.17, 15) is 4.39 Å². The zero-order chi connectivity index (χ0) is 27.4. The van der Waals surface area contributed by atoms with Crippen LogP contribution in [0.25, 0.3) is 16.9 Å². The highest BCUT2D eigenvalue weighted by Crippen LogP contribution is 2.38. The summed E-state index contributed by atoms with van der Waals surface area (Å²) >= 11 is 6.17. The van der Waals surface area contributed by atoms with Crippen molar-refractivity contribution in [2.75, 3.05) is 24.6 Å². The monoisotopic (exact) mass is 552 g/mol. The highest BCUT2D eigenvalue weighted by Gasteiger charge is 2.36. The Labute approximate surface area is 232 Å². The fourth-order valence-electron chi connectivity index (χ4n) is 6.16. The van der Waals surface area contributed by atoms with Crippen LogP contribution in [0.3, 0.4) is 0 Å². The molecule has 0 N–H and O–H groups in total. The van der Waals surface area contributed by atoms with E-state index >= 15 is 0 Å². The Morgan fingerprint density at radius 2 is 2.08 bits per heavy atom. The molecule has 2 aliphatic heterocycles. The van der Waals surface area contributed by atoms with Crippen molar-refractivity contribution in [3.8, 4) is 0 Å². The molecule has 0 radical (unpaired) electrons. The van der Waals surface area contributed by atoms with Crippen molar-refractivity contribution in [1.29, 1.82) is 0 Å². The van der Waals surface area contributed by atoms with Crippen LogP contribution in [0.2, 0.25) is 5.02 Å². The standard InChI is InChI=1S/C28H34ClFN8O/c1-16(2)25(20-8-9-23(30)22(29)11-20)35-12-18(4)36(13-17(35)3)26-24-27(38-15-31-34-28(38)33-26)37(19(5)32-24)14-21-7-6-10-39-21/h8-9,11,15-17,21,25H,4,6-7,10,12-14H2,1-3,5H3/t17-,21+,25+/m1/s1. The van der Waals surface area contributed by atoms with Gasteiger partial charge in [0.05, 0.1) is 17.7 Å². The fourth-order valence-corrected chi connectivity index (χ4v) is 6.35. The Morgan fingerprint density at radius 3 is 2.79 bits per heavy atom. The quantitative estimate of drug-likeness (QED) is 0.326. The first-order chi connectivity index (χ1) is 18.7. The summed E-state index contributed by atoms with van der Waals surface area (Å²) in [7, 11) is 0. The van der Waals surface area contributed by atoms with E-state index < -0.39 is 5.82 Å². The van der Waals surface area contributed by atoms with Gasteiger partial charge in [-0.1, -0.05) is 38.1 Å². The number of fused-ring (bicyclic) bond motifs is 3. The summed E-state index contributed by atoms with van der Waals surface area (Å²) in [5, 5.41) is 8.58. The molecule has 6 rings (SSSR count). The summed E-state index contributed by atoms with van der Waals surface area (Å²) in [5.41, 5.74) is 3.62. The summed E-state index contributed by atoms with van der Waals surface area (Å²) < 4.78 is 24.0. The maximum Gasteiger partial charge on any atom is 0.258 e. The highest BCUT2D eigenvalue weighted by molar-refractivity contribution is 6.30. The Morgan fingerprint density at radius 1 is 1.26 bits per heavy atom. The van der Waals surface area contributed by atoms with Gasteiger partial charge in [0, 0.05) is 37.5 Å². The number of piperazine rings is 1. The van der Waals surface area contributed by atoms with Gasteiger partial charge in [-0.05, 0) is 50.3 Å². The van der Waals surface area contributed by atoms with Crippen LogP contribution in [0.15, 0.2) is 36.8 Å². The number of hydrogen-bond acceptors (Lipinski definition) is 7. The van der Waals surface area contributed by atoms with Crippen LogP contribution in [0.1, 0.15) is 51.0 Å². The van der Waals surface area contributed by atoms with E-state index in [-0.39, 0.29) is 29.1 Å². The molecule has 11 heteroatoms. The molecule has 4 aromatic rings. The minimum absolute atomic E-state index is 0.0526. The second-order valence-corrected chi connectivity index (χ2v) is 11.5. The van der Waals surface area contributed by atoms with Crippen LogP contribution in [0, 0.1) is 18.7 Å². The molecule has 5 heterocycles. The predicted octanol–water partition coefficient (Wildman–Crippen LogP) is 5.18. The summed E-state index contributed by atoms with van der Waals surface area (Å²) in [6.45, 7) is 15.9. The molecule has 39 heavy (non-hydrogen) atoms. The van der Waals surface area contributed by atoms with Gasteiger partial charge in [-0.25, -0.2) is 13.8 Å². The largest absolute Gasteiger partial charge is 0.376 e. The first kappa shape index (κ1) is 26.2. The minimum Gasteiger partial charge on any atom is -0.376 e. The van der Waals surface area contributed by atoms with Crippen LogP contribution in [0.5, 0.6) is 0 Å². The number of nitrogens with zero attached hydrogens (tertiary/aromatic N) is 8. The lowest BCUT2D eigenvalue weighted by atomic mass is 9.92. The first-order valence-electron chi connectivity index (χ1n) is 13.6. The number of imidazole rings is 1. The van der Waals surface area contributed by atoms with Crippen LogP contribution < -0.4 is 4.90 Å². The first-order valence-corrected chi connectivity index (χ1v) is 13.9. The maximum absolute atomic E-state index is 13.9. The molecule has 2 saturated heterocycles. The van der Waals surface area contributed by atoms with E-state index in [4.69, 9.17) is 26.3 Å². The molecule has 0 unspecified atom stereocenters. The zero-order valence-electron chi connectivity index (χ0n) is 22.8. The van der Waals surface area contributed by atoms with E-state index in [0.717, 1.165) is 60.1 Å². The van der Waals surface area contributed by atoms with Crippen LogP contribution in [-0.2, 0) is 11.3 Å². The van der Waals surface area contributed by atoms with Crippen LogP contribution in [-0.4, -0.2) is 65.9 Å². The van der Waals surface area contributed by atoms with Gasteiger partial charge < -0.3 is 14.2 Å².